The fourth-order valence-electron chi connectivity index (χ4n) is 1.54. The molecule has 0 aliphatic heterocycles. The third-order valence-corrected chi connectivity index (χ3v) is 2.52. The summed E-state index contributed by atoms with van der Waals surface area (Å²) in [4.78, 5) is 0. The van der Waals surface area contributed by atoms with Gasteiger partial charge in [0.15, 0.2) is 0 Å². The van der Waals surface area contributed by atoms with Crippen molar-refractivity contribution in [1.29, 1.82) is 0 Å². The van der Waals surface area contributed by atoms with Crippen LogP contribution >= 0.6 is 0 Å². The molecule has 16 heavy (non-hydrogen) atoms. The Hall–Kier alpha value is -1.58. The van der Waals surface area contributed by atoms with Crippen LogP contribution in [0.2, 0.25) is 0 Å². The second kappa shape index (κ2) is 4.51. The first kappa shape index (κ1) is 10.9. The van der Waals surface area contributed by atoms with Crippen LogP contribution in [0.25, 0.3) is 0 Å². The normalized spacial score (nSPS) is 14.6. The lowest BCUT2D eigenvalue weighted by Gasteiger charge is -2.24. The molecule has 2 rings (SSSR count). The molecule has 0 aliphatic carbocycles. The summed E-state index contributed by atoms with van der Waals surface area (Å²) in [6, 6.07) is 13.2. The third-order valence-electron chi connectivity index (χ3n) is 2.52. The summed E-state index contributed by atoms with van der Waals surface area (Å²) in [5.41, 5.74) is -0.213. The van der Waals surface area contributed by atoms with Crippen LogP contribution in [0.5, 0.6) is 0 Å². The molecule has 1 heterocycles. The van der Waals surface area contributed by atoms with E-state index in [1.54, 1.807) is 13.2 Å². The summed E-state index contributed by atoms with van der Waals surface area (Å²) in [5, 5.41) is 13.3. The van der Waals surface area contributed by atoms with E-state index in [-0.39, 0.29) is 0 Å². The monoisotopic (exact) mass is 217 g/mol. The third kappa shape index (κ3) is 2.51. The Morgan fingerprint density at radius 3 is 2.56 bits per heavy atom. The van der Waals surface area contributed by atoms with Crippen LogP contribution < -0.4 is 5.32 Å². The van der Waals surface area contributed by atoms with Crippen molar-refractivity contribution in [1.82, 2.24) is 5.32 Å². The predicted octanol–water partition coefficient (Wildman–Crippen LogP) is 2.23. The van der Waals surface area contributed by atoms with E-state index in [1.807, 2.05) is 42.5 Å². The van der Waals surface area contributed by atoms with Gasteiger partial charge in [-0.15, -0.1) is 0 Å². The maximum atomic E-state index is 10.2. The molecular weight excluding hydrogens is 202 g/mol. The Balaban J connectivity index is 2.03. The van der Waals surface area contributed by atoms with Crippen molar-refractivity contribution >= 4 is 0 Å². The molecule has 1 aromatic carbocycles. The first-order valence-electron chi connectivity index (χ1n) is 5.24. The van der Waals surface area contributed by atoms with Crippen molar-refractivity contribution in [2.45, 2.75) is 19.2 Å². The van der Waals surface area contributed by atoms with E-state index >= 15 is 0 Å². The van der Waals surface area contributed by atoms with Gasteiger partial charge >= 0.3 is 0 Å². The molecule has 3 nitrogen and oxygen atoms in total. The lowest BCUT2D eigenvalue weighted by atomic mass is 10.1. The lowest BCUT2D eigenvalue weighted by molar-refractivity contribution is 0.0161. The Kier molecular flexibility index (Phi) is 3.08. The standard InChI is InChI=1S/C13H15NO2/c1-13(15,11-6-3-2-4-7-11)14-10-12-8-5-9-16-12/h2-9,14-15H,10H2,1H3. The molecule has 0 fully saturated rings. The quantitative estimate of drug-likeness (QED) is 0.772. The molecule has 0 amide bonds. The number of hydrogen-bond donors (Lipinski definition) is 2. The number of benzene rings is 1. The Labute approximate surface area is 94.7 Å². The highest BCUT2D eigenvalue weighted by Gasteiger charge is 2.21. The van der Waals surface area contributed by atoms with Gasteiger partial charge in [0.25, 0.3) is 0 Å². The summed E-state index contributed by atoms with van der Waals surface area (Å²) in [5.74, 6) is 0.802. The van der Waals surface area contributed by atoms with Gasteiger partial charge in [-0.2, -0.15) is 0 Å². The van der Waals surface area contributed by atoms with Gasteiger partial charge in [0, 0.05) is 0 Å². The van der Waals surface area contributed by atoms with Crippen LogP contribution in [0.3, 0.4) is 0 Å². The topological polar surface area (TPSA) is 45.4 Å². The Bertz CT molecular complexity index is 420. The van der Waals surface area contributed by atoms with Gasteiger partial charge in [0.2, 0.25) is 0 Å². The molecule has 0 saturated heterocycles. The van der Waals surface area contributed by atoms with Gasteiger partial charge < -0.3 is 9.52 Å². The molecule has 0 bridgehead atoms. The number of rotatable bonds is 4. The average molecular weight is 217 g/mol. The zero-order valence-corrected chi connectivity index (χ0v) is 9.18. The second-order valence-corrected chi connectivity index (χ2v) is 3.87. The minimum absolute atomic E-state index is 0.495. The van der Waals surface area contributed by atoms with Gasteiger partial charge in [0.05, 0.1) is 12.8 Å². The van der Waals surface area contributed by atoms with Crippen LogP contribution in [0.4, 0.5) is 0 Å². The first-order valence-corrected chi connectivity index (χ1v) is 5.24. The molecule has 1 unspecified atom stereocenters. The average Bonchev–Trinajstić information content (AvgIpc) is 2.81. The molecule has 84 valence electrons. The maximum absolute atomic E-state index is 10.2. The molecule has 2 N–H and O–H groups in total. The molecule has 2 aromatic rings. The smallest absolute Gasteiger partial charge is 0.139 e. The predicted molar refractivity (Wildman–Crippen MR) is 61.6 cm³/mol. The lowest BCUT2D eigenvalue weighted by Crippen LogP contribution is -2.38. The summed E-state index contributed by atoms with van der Waals surface area (Å²) < 4.78 is 5.19. The van der Waals surface area contributed by atoms with Crippen LogP contribution in [-0.4, -0.2) is 5.11 Å². The fraction of sp³-hybridized carbons (Fsp3) is 0.231. The maximum Gasteiger partial charge on any atom is 0.139 e. The van der Waals surface area contributed by atoms with Gasteiger partial charge in [-0.25, -0.2) is 0 Å². The Morgan fingerprint density at radius 1 is 1.19 bits per heavy atom. The van der Waals surface area contributed by atoms with E-state index in [4.69, 9.17) is 4.42 Å². The van der Waals surface area contributed by atoms with Crippen molar-refractivity contribution in [3.05, 3.63) is 60.1 Å². The molecule has 0 aliphatic rings. The minimum Gasteiger partial charge on any atom is -0.468 e. The largest absolute Gasteiger partial charge is 0.468 e. The molecule has 0 spiro atoms. The molecule has 1 aromatic heterocycles. The van der Waals surface area contributed by atoms with Crippen LogP contribution in [-0.2, 0) is 12.3 Å². The van der Waals surface area contributed by atoms with E-state index in [0.29, 0.717) is 6.54 Å². The van der Waals surface area contributed by atoms with Crippen molar-refractivity contribution in [3.63, 3.8) is 0 Å². The minimum atomic E-state index is -1.05. The zero-order valence-electron chi connectivity index (χ0n) is 9.18. The van der Waals surface area contributed by atoms with E-state index in [1.165, 1.54) is 0 Å². The number of aliphatic hydroxyl groups is 1. The molecule has 1 atom stereocenters. The van der Waals surface area contributed by atoms with E-state index < -0.39 is 5.72 Å². The number of furan rings is 1. The van der Waals surface area contributed by atoms with Crippen molar-refractivity contribution in [3.8, 4) is 0 Å². The fourth-order valence-corrected chi connectivity index (χ4v) is 1.54. The Morgan fingerprint density at radius 2 is 1.94 bits per heavy atom. The molecule has 0 radical (unpaired) electrons. The summed E-state index contributed by atoms with van der Waals surface area (Å²) in [6.07, 6.45) is 1.62. The highest BCUT2D eigenvalue weighted by atomic mass is 16.3. The van der Waals surface area contributed by atoms with Crippen molar-refractivity contribution in [2.75, 3.05) is 0 Å². The number of nitrogens with one attached hydrogen (secondary N) is 1. The van der Waals surface area contributed by atoms with Crippen LogP contribution in [0.15, 0.2) is 53.1 Å². The van der Waals surface area contributed by atoms with Crippen molar-refractivity contribution in [2.24, 2.45) is 0 Å². The first-order chi connectivity index (χ1) is 7.68. The van der Waals surface area contributed by atoms with Gasteiger partial charge in [-0.1, -0.05) is 30.3 Å². The molecular formula is C13H15NO2. The van der Waals surface area contributed by atoms with E-state index in [9.17, 15) is 5.11 Å². The highest BCUT2D eigenvalue weighted by Crippen LogP contribution is 2.17. The summed E-state index contributed by atoms with van der Waals surface area (Å²) >= 11 is 0. The van der Waals surface area contributed by atoms with Gasteiger partial charge in [0.1, 0.15) is 11.5 Å². The van der Waals surface area contributed by atoms with E-state index in [2.05, 4.69) is 5.32 Å². The second-order valence-electron chi connectivity index (χ2n) is 3.87. The zero-order chi connectivity index (χ0) is 11.4. The van der Waals surface area contributed by atoms with Crippen molar-refractivity contribution < 1.29 is 9.52 Å². The summed E-state index contributed by atoms with van der Waals surface area (Å²) in [6.45, 7) is 2.22. The van der Waals surface area contributed by atoms with E-state index in [0.717, 1.165) is 11.3 Å². The highest BCUT2D eigenvalue weighted by molar-refractivity contribution is 5.20. The van der Waals surface area contributed by atoms with Gasteiger partial charge in [-0.05, 0) is 24.6 Å². The SMILES string of the molecule is CC(O)(NCc1ccco1)c1ccccc1. The van der Waals surface area contributed by atoms with Crippen LogP contribution in [0.1, 0.15) is 18.2 Å². The number of hydrogen-bond acceptors (Lipinski definition) is 3. The summed E-state index contributed by atoms with van der Waals surface area (Å²) in [7, 11) is 0. The van der Waals surface area contributed by atoms with Crippen LogP contribution in [0, 0.1) is 0 Å². The molecule has 0 saturated carbocycles. The molecule has 3 heteroatoms. The van der Waals surface area contributed by atoms with Gasteiger partial charge in [-0.3, -0.25) is 5.32 Å².